The molecule has 0 aliphatic rings. The molecule has 108 valence electrons. The topological polar surface area (TPSA) is 85.1 Å². The molecule has 0 spiro atoms. The summed E-state index contributed by atoms with van der Waals surface area (Å²) in [5, 5.41) is 1.47. The molecule has 1 unspecified atom stereocenters. The molecule has 3 N–H and O–H groups in total. The third-order valence-corrected chi connectivity index (χ3v) is 4.75. The van der Waals surface area contributed by atoms with Gasteiger partial charge in [-0.25, -0.2) is 13.1 Å². The van der Waals surface area contributed by atoms with Crippen molar-refractivity contribution in [2.24, 2.45) is 5.73 Å². The first kappa shape index (κ1) is 14.9. The molecule has 1 atom stereocenters. The van der Waals surface area contributed by atoms with Gasteiger partial charge in [0, 0.05) is 35.8 Å². The van der Waals surface area contributed by atoms with Crippen LogP contribution in [0.3, 0.4) is 0 Å². The summed E-state index contributed by atoms with van der Waals surface area (Å²) >= 11 is 0. The van der Waals surface area contributed by atoms with Gasteiger partial charge in [-0.15, -0.1) is 0 Å². The first-order valence-corrected chi connectivity index (χ1v) is 8.12. The minimum atomic E-state index is -3.58. The zero-order chi connectivity index (χ0) is 14.6. The van der Waals surface area contributed by atoms with Crippen LogP contribution in [0.1, 0.15) is 19.8 Å². The molecule has 1 heterocycles. The Labute approximate surface area is 119 Å². The number of sulfonamides is 1. The van der Waals surface area contributed by atoms with Crippen molar-refractivity contribution in [1.29, 1.82) is 0 Å². The van der Waals surface area contributed by atoms with Crippen LogP contribution in [0.4, 0.5) is 0 Å². The molecule has 6 heteroatoms. The van der Waals surface area contributed by atoms with Gasteiger partial charge >= 0.3 is 0 Å². The van der Waals surface area contributed by atoms with Crippen LogP contribution < -0.4 is 10.5 Å². The highest BCUT2D eigenvalue weighted by atomic mass is 32.2. The Morgan fingerprint density at radius 3 is 2.85 bits per heavy atom. The van der Waals surface area contributed by atoms with Gasteiger partial charge in [-0.2, -0.15) is 0 Å². The summed E-state index contributed by atoms with van der Waals surface area (Å²) in [7, 11) is -3.58. The molecule has 0 saturated heterocycles. The van der Waals surface area contributed by atoms with E-state index in [-0.39, 0.29) is 10.9 Å². The minimum Gasteiger partial charge on any atom is -0.329 e. The van der Waals surface area contributed by atoms with Crippen LogP contribution in [0.5, 0.6) is 0 Å². The molecule has 5 nitrogen and oxygen atoms in total. The van der Waals surface area contributed by atoms with E-state index in [2.05, 4.69) is 9.71 Å². The van der Waals surface area contributed by atoms with Crippen molar-refractivity contribution < 1.29 is 8.42 Å². The molecule has 1 aromatic carbocycles. The quantitative estimate of drug-likeness (QED) is 0.848. The Morgan fingerprint density at radius 2 is 2.15 bits per heavy atom. The highest BCUT2D eigenvalue weighted by Gasteiger charge is 2.20. The molecular weight excluding hydrogens is 274 g/mol. The number of nitrogens with one attached hydrogen (secondary N) is 1. The fourth-order valence-electron chi connectivity index (χ4n) is 2.18. The Kier molecular flexibility index (Phi) is 4.69. The lowest BCUT2D eigenvalue weighted by Crippen LogP contribution is -2.40. The van der Waals surface area contributed by atoms with Crippen LogP contribution in [0.2, 0.25) is 0 Å². The van der Waals surface area contributed by atoms with E-state index in [1.165, 1.54) is 0 Å². The second-order valence-electron chi connectivity index (χ2n) is 4.70. The molecule has 0 fully saturated rings. The number of fused-ring (bicyclic) bond motifs is 1. The number of hydrogen-bond donors (Lipinski definition) is 2. The maximum absolute atomic E-state index is 12.5. The predicted molar refractivity (Wildman–Crippen MR) is 79.8 cm³/mol. The second kappa shape index (κ2) is 6.30. The van der Waals surface area contributed by atoms with E-state index in [1.54, 1.807) is 30.6 Å². The van der Waals surface area contributed by atoms with E-state index >= 15 is 0 Å². The summed E-state index contributed by atoms with van der Waals surface area (Å²) in [6.45, 7) is 2.29. The van der Waals surface area contributed by atoms with Gasteiger partial charge in [0.15, 0.2) is 0 Å². The average Bonchev–Trinajstić information content (AvgIpc) is 2.46. The number of aromatic nitrogens is 1. The molecule has 0 bridgehead atoms. The molecule has 0 saturated carbocycles. The summed E-state index contributed by atoms with van der Waals surface area (Å²) in [6.07, 6.45) is 4.85. The monoisotopic (exact) mass is 293 g/mol. The van der Waals surface area contributed by atoms with Crippen LogP contribution in [-0.4, -0.2) is 26.0 Å². The normalized spacial score (nSPS) is 13.5. The lowest BCUT2D eigenvalue weighted by Gasteiger charge is -2.17. The van der Waals surface area contributed by atoms with Gasteiger partial charge in [0.25, 0.3) is 0 Å². The minimum absolute atomic E-state index is 0.234. The molecule has 20 heavy (non-hydrogen) atoms. The summed E-state index contributed by atoms with van der Waals surface area (Å²) in [5.74, 6) is 0. The standard InChI is InChI=1S/C14H19N3O2S/c1-2-4-12(9-15)17-20(18,19)14-6-3-5-11-10-16-8-7-13(11)14/h3,5-8,10,12,17H,2,4,9,15H2,1H3. The number of benzene rings is 1. The van der Waals surface area contributed by atoms with E-state index < -0.39 is 10.0 Å². The second-order valence-corrected chi connectivity index (χ2v) is 6.38. The Bertz CT molecular complexity index is 680. The zero-order valence-corrected chi connectivity index (χ0v) is 12.2. The van der Waals surface area contributed by atoms with Crippen LogP contribution in [0.15, 0.2) is 41.6 Å². The summed E-state index contributed by atoms with van der Waals surface area (Å²) in [6, 6.07) is 6.64. The molecule has 2 rings (SSSR count). The lowest BCUT2D eigenvalue weighted by molar-refractivity contribution is 0.527. The van der Waals surface area contributed by atoms with Gasteiger partial charge in [0.05, 0.1) is 4.90 Å². The van der Waals surface area contributed by atoms with Crippen molar-refractivity contribution in [1.82, 2.24) is 9.71 Å². The third kappa shape index (κ3) is 3.15. The average molecular weight is 293 g/mol. The van der Waals surface area contributed by atoms with Crippen LogP contribution in [0.25, 0.3) is 10.8 Å². The molecular formula is C14H19N3O2S. The third-order valence-electron chi connectivity index (χ3n) is 3.17. The number of hydrogen-bond acceptors (Lipinski definition) is 4. The number of pyridine rings is 1. The molecule has 2 aromatic rings. The molecule has 0 amide bonds. The van der Waals surface area contributed by atoms with Gasteiger partial charge in [0.2, 0.25) is 10.0 Å². The Morgan fingerprint density at radius 1 is 1.35 bits per heavy atom. The van der Waals surface area contributed by atoms with Crippen molar-refractivity contribution >= 4 is 20.8 Å². The van der Waals surface area contributed by atoms with Gasteiger partial charge < -0.3 is 5.73 Å². The number of rotatable bonds is 6. The molecule has 1 aromatic heterocycles. The van der Waals surface area contributed by atoms with Crippen LogP contribution in [0, 0.1) is 0 Å². The largest absolute Gasteiger partial charge is 0.329 e. The molecule has 0 radical (unpaired) electrons. The smallest absolute Gasteiger partial charge is 0.241 e. The SMILES string of the molecule is CCCC(CN)NS(=O)(=O)c1cccc2cnccc12. The Hall–Kier alpha value is -1.50. The molecule has 0 aliphatic heterocycles. The highest BCUT2D eigenvalue weighted by Crippen LogP contribution is 2.22. The van der Waals surface area contributed by atoms with Crippen molar-refractivity contribution in [3.63, 3.8) is 0 Å². The fourth-order valence-corrected chi connectivity index (χ4v) is 3.70. The molecule has 0 aliphatic carbocycles. The van der Waals surface area contributed by atoms with Crippen molar-refractivity contribution in [3.05, 3.63) is 36.7 Å². The van der Waals surface area contributed by atoms with E-state index in [0.717, 1.165) is 18.2 Å². The first-order chi connectivity index (χ1) is 9.58. The summed E-state index contributed by atoms with van der Waals surface area (Å²) in [4.78, 5) is 4.28. The Balaban J connectivity index is 2.41. The van der Waals surface area contributed by atoms with E-state index in [0.29, 0.717) is 11.9 Å². The summed E-state index contributed by atoms with van der Waals surface area (Å²) < 4.78 is 27.7. The van der Waals surface area contributed by atoms with Gasteiger partial charge in [-0.1, -0.05) is 25.5 Å². The van der Waals surface area contributed by atoms with Gasteiger partial charge in [-0.3, -0.25) is 4.98 Å². The van der Waals surface area contributed by atoms with Crippen LogP contribution >= 0.6 is 0 Å². The van der Waals surface area contributed by atoms with E-state index in [4.69, 9.17) is 5.73 Å². The van der Waals surface area contributed by atoms with E-state index in [1.807, 2.05) is 13.0 Å². The van der Waals surface area contributed by atoms with Crippen molar-refractivity contribution in [2.45, 2.75) is 30.7 Å². The fraction of sp³-hybridized carbons (Fsp3) is 0.357. The van der Waals surface area contributed by atoms with E-state index in [9.17, 15) is 8.42 Å². The lowest BCUT2D eigenvalue weighted by atomic mass is 10.2. The van der Waals surface area contributed by atoms with Crippen molar-refractivity contribution in [3.8, 4) is 0 Å². The number of nitrogens with two attached hydrogens (primary N) is 1. The van der Waals surface area contributed by atoms with Gasteiger partial charge in [-0.05, 0) is 18.6 Å². The van der Waals surface area contributed by atoms with Crippen LogP contribution in [-0.2, 0) is 10.0 Å². The maximum atomic E-state index is 12.5. The zero-order valence-electron chi connectivity index (χ0n) is 11.4. The first-order valence-electron chi connectivity index (χ1n) is 6.63. The highest BCUT2D eigenvalue weighted by molar-refractivity contribution is 7.89. The predicted octanol–water partition coefficient (Wildman–Crippen LogP) is 1.64. The number of nitrogens with zero attached hydrogens (tertiary/aromatic N) is 1. The summed E-state index contributed by atoms with van der Waals surface area (Å²) in [5.41, 5.74) is 5.62. The van der Waals surface area contributed by atoms with Gasteiger partial charge in [0.1, 0.15) is 0 Å². The van der Waals surface area contributed by atoms with Crippen molar-refractivity contribution in [2.75, 3.05) is 6.54 Å². The maximum Gasteiger partial charge on any atom is 0.241 e.